The first-order valence-electron chi connectivity index (χ1n) is 6.43. The smallest absolute Gasteiger partial charge is 0.127 e. The third-order valence-corrected chi connectivity index (χ3v) is 3.68. The first-order valence-corrected chi connectivity index (χ1v) is 6.43. The van der Waals surface area contributed by atoms with Crippen molar-refractivity contribution in [2.75, 3.05) is 0 Å². The summed E-state index contributed by atoms with van der Waals surface area (Å²) in [5, 5.41) is 0. The fourth-order valence-electron chi connectivity index (χ4n) is 2.51. The monoisotopic (exact) mass is 229 g/mol. The number of nitrogens with zero attached hydrogens (tertiary/aromatic N) is 2. The quantitative estimate of drug-likeness (QED) is 0.879. The van der Waals surface area contributed by atoms with Crippen LogP contribution in [-0.4, -0.2) is 9.55 Å². The van der Waals surface area contributed by atoms with E-state index in [0.717, 1.165) is 17.9 Å². The number of fused-ring (bicyclic) bond motifs is 1. The van der Waals surface area contributed by atoms with Gasteiger partial charge in [-0.3, -0.25) is 0 Å². The number of aromatic nitrogens is 2. The first-order chi connectivity index (χ1) is 8.20. The minimum Gasteiger partial charge on any atom is -0.327 e. The summed E-state index contributed by atoms with van der Waals surface area (Å²) in [5.41, 5.74) is 9.84. The van der Waals surface area contributed by atoms with E-state index in [4.69, 9.17) is 10.7 Å². The highest BCUT2D eigenvalue weighted by Gasteiger charge is 2.32. The minimum atomic E-state index is 0.114. The Morgan fingerprint density at radius 1 is 1.47 bits per heavy atom. The third kappa shape index (κ3) is 1.75. The highest BCUT2D eigenvalue weighted by Crippen LogP contribution is 2.39. The van der Waals surface area contributed by atoms with E-state index in [2.05, 4.69) is 36.6 Å². The highest BCUT2D eigenvalue weighted by atomic mass is 15.1. The van der Waals surface area contributed by atoms with Crippen LogP contribution in [0.4, 0.5) is 0 Å². The van der Waals surface area contributed by atoms with Crippen molar-refractivity contribution in [3.8, 4) is 0 Å². The average Bonchev–Trinajstić information content (AvgIpc) is 3.09. The van der Waals surface area contributed by atoms with E-state index in [1.165, 1.54) is 23.9 Å². The molecule has 1 saturated carbocycles. The van der Waals surface area contributed by atoms with Gasteiger partial charge in [-0.15, -0.1) is 0 Å². The Morgan fingerprint density at radius 3 is 2.88 bits per heavy atom. The summed E-state index contributed by atoms with van der Waals surface area (Å²) in [7, 11) is 0. The largest absolute Gasteiger partial charge is 0.327 e. The second-order valence-corrected chi connectivity index (χ2v) is 5.07. The molecule has 1 heterocycles. The van der Waals surface area contributed by atoms with E-state index in [0.29, 0.717) is 5.92 Å². The zero-order valence-corrected chi connectivity index (χ0v) is 10.5. The molecule has 0 bridgehead atoms. The summed E-state index contributed by atoms with van der Waals surface area (Å²) in [6.45, 7) is 5.20. The predicted molar refractivity (Wildman–Crippen MR) is 69.8 cm³/mol. The number of aryl methyl sites for hydroxylation is 2. The van der Waals surface area contributed by atoms with Crippen molar-refractivity contribution in [1.82, 2.24) is 9.55 Å². The molecule has 0 saturated heterocycles. The van der Waals surface area contributed by atoms with Gasteiger partial charge in [-0.25, -0.2) is 4.98 Å². The molecular weight excluding hydrogens is 210 g/mol. The molecule has 2 aromatic rings. The van der Waals surface area contributed by atoms with Gasteiger partial charge in [0.25, 0.3) is 0 Å². The Bertz CT molecular complexity index is 552. The third-order valence-electron chi connectivity index (χ3n) is 3.68. The van der Waals surface area contributed by atoms with Crippen molar-refractivity contribution in [2.45, 2.75) is 39.3 Å². The molecule has 1 unspecified atom stereocenters. The standard InChI is InChI=1S/C14H19N3/c1-3-17-12-7-4-9(2)8-11(12)16-14(17)13(15)10-5-6-10/h4,7-8,10,13H,3,5-6,15H2,1-2H3. The Kier molecular flexibility index (Phi) is 2.44. The van der Waals surface area contributed by atoms with Crippen molar-refractivity contribution in [3.63, 3.8) is 0 Å². The fourth-order valence-corrected chi connectivity index (χ4v) is 2.51. The number of hydrogen-bond acceptors (Lipinski definition) is 2. The summed E-state index contributed by atoms with van der Waals surface area (Å²) < 4.78 is 2.26. The van der Waals surface area contributed by atoms with Gasteiger partial charge in [0.15, 0.2) is 0 Å². The van der Waals surface area contributed by atoms with Gasteiger partial charge in [-0.05, 0) is 50.3 Å². The lowest BCUT2D eigenvalue weighted by molar-refractivity contribution is 0.557. The number of benzene rings is 1. The van der Waals surface area contributed by atoms with Crippen molar-refractivity contribution in [3.05, 3.63) is 29.6 Å². The van der Waals surface area contributed by atoms with E-state index in [9.17, 15) is 0 Å². The molecular formula is C14H19N3. The number of nitrogens with two attached hydrogens (primary N) is 1. The predicted octanol–water partition coefficient (Wildman–Crippen LogP) is 2.77. The molecule has 2 N–H and O–H groups in total. The van der Waals surface area contributed by atoms with Crippen LogP contribution in [-0.2, 0) is 6.54 Å². The molecule has 1 aliphatic rings. The molecule has 0 spiro atoms. The lowest BCUT2D eigenvalue weighted by atomic mass is 10.2. The molecule has 3 heteroatoms. The molecule has 1 aromatic carbocycles. The maximum Gasteiger partial charge on any atom is 0.127 e. The van der Waals surface area contributed by atoms with Gasteiger partial charge in [0.05, 0.1) is 17.1 Å². The van der Waals surface area contributed by atoms with Gasteiger partial charge < -0.3 is 10.3 Å². The Morgan fingerprint density at radius 2 is 2.24 bits per heavy atom. The molecule has 1 aliphatic carbocycles. The molecule has 17 heavy (non-hydrogen) atoms. The average molecular weight is 229 g/mol. The van der Waals surface area contributed by atoms with Crippen molar-refractivity contribution >= 4 is 11.0 Å². The summed E-state index contributed by atoms with van der Waals surface area (Å²) in [6, 6.07) is 6.56. The van der Waals surface area contributed by atoms with Crippen LogP contribution >= 0.6 is 0 Å². The molecule has 90 valence electrons. The second kappa shape index (κ2) is 3.84. The van der Waals surface area contributed by atoms with Crippen molar-refractivity contribution in [1.29, 1.82) is 0 Å². The lowest BCUT2D eigenvalue weighted by Gasteiger charge is -2.12. The van der Waals surface area contributed by atoms with Crippen LogP contribution in [0.5, 0.6) is 0 Å². The summed E-state index contributed by atoms with van der Waals surface area (Å²) >= 11 is 0. The maximum absolute atomic E-state index is 6.30. The van der Waals surface area contributed by atoms with Gasteiger partial charge in [0.1, 0.15) is 5.82 Å². The van der Waals surface area contributed by atoms with Crippen LogP contribution in [0.3, 0.4) is 0 Å². The van der Waals surface area contributed by atoms with E-state index in [-0.39, 0.29) is 6.04 Å². The highest BCUT2D eigenvalue weighted by molar-refractivity contribution is 5.77. The number of hydrogen-bond donors (Lipinski definition) is 1. The summed E-state index contributed by atoms with van der Waals surface area (Å²) in [5.74, 6) is 1.72. The van der Waals surface area contributed by atoms with Crippen molar-refractivity contribution < 1.29 is 0 Å². The fraction of sp³-hybridized carbons (Fsp3) is 0.500. The SMILES string of the molecule is CCn1c(C(N)C2CC2)nc2cc(C)ccc21. The van der Waals surface area contributed by atoms with Crippen LogP contribution in [0.1, 0.15) is 37.2 Å². The van der Waals surface area contributed by atoms with Gasteiger partial charge in [0, 0.05) is 6.54 Å². The van der Waals surface area contributed by atoms with E-state index >= 15 is 0 Å². The molecule has 3 rings (SSSR count). The van der Waals surface area contributed by atoms with Crippen LogP contribution in [0.15, 0.2) is 18.2 Å². The van der Waals surface area contributed by atoms with Gasteiger partial charge in [-0.2, -0.15) is 0 Å². The molecule has 3 nitrogen and oxygen atoms in total. The Hall–Kier alpha value is -1.35. The van der Waals surface area contributed by atoms with Crippen LogP contribution in [0.2, 0.25) is 0 Å². The van der Waals surface area contributed by atoms with E-state index < -0.39 is 0 Å². The van der Waals surface area contributed by atoms with E-state index in [1.54, 1.807) is 0 Å². The molecule has 1 fully saturated rings. The van der Waals surface area contributed by atoms with Crippen LogP contribution in [0.25, 0.3) is 11.0 Å². The Balaban J connectivity index is 2.16. The van der Waals surface area contributed by atoms with Gasteiger partial charge in [0.2, 0.25) is 0 Å². The van der Waals surface area contributed by atoms with Crippen LogP contribution < -0.4 is 5.73 Å². The normalized spacial score (nSPS) is 17.6. The second-order valence-electron chi connectivity index (χ2n) is 5.07. The zero-order valence-electron chi connectivity index (χ0n) is 10.5. The van der Waals surface area contributed by atoms with Crippen molar-refractivity contribution in [2.24, 2.45) is 11.7 Å². The van der Waals surface area contributed by atoms with Gasteiger partial charge >= 0.3 is 0 Å². The Labute approximate surface area is 102 Å². The molecule has 1 atom stereocenters. The molecule has 1 aromatic heterocycles. The zero-order chi connectivity index (χ0) is 12.0. The van der Waals surface area contributed by atoms with Gasteiger partial charge in [-0.1, -0.05) is 6.07 Å². The molecule has 0 radical (unpaired) electrons. The summed E-state index contributed by atoms with van der Waals surface area (Å²) in [6.07, 6.45) is 2.51. The molecule has 0 amide bonds. The number of imidazole rings is 1. The number of rotatable bonds is 3. The topological polar surface area (TPSA) is 43.8 Å². The summed E-state index contributed by atoms with van der Waals surface area (Å²) in [4.78, 5) is 4.74. The lowest BCUT2D eigenvalue weighted by Crippen LogP contribution is -2.18. The van der Waals surface area contributed by atoms with E-state index in [1.807, 2.05) is 0 Å². The maximum atomic E-state index is 6.30. The molecule has 0 aliphatic heterocycles. The first kappa shape index (κ1) is 10.8. The minimum absolute atomic E-state index is 0.114. The van der Waals surface area contributed by atoms with Crippen LogP contribution in [0, 0.1) is 12.8 Å².